The van der Waals surface area contributed by atoms with Gasteiger partial charge in [-0.05, 0) is 10.4 Å². The molecule has 1 aromatic rings. The van der Waals surface area contributed by atoms with Crippen LogP contribution in [0.3, 0.4) is 0 Å². The molecule has 0 aliphatic carbocycles. The van der Waals surface area contributed by atoms with Crippen LogP contribution in [0.15, 0.2) is 5.16 Å². The molecule has 0 aliphatic heterocycles. The maximum Gasteiger partial charge on any atom is 0.254 e. The molecular formula is C2H5N5OS. The van der Waals surface area contributed by atoms with E-state index in [9.17, 15) is 4.21 Å². The third kappa shape index (κ3) is 1.11. The Hall–Kier alpha value is -0.820. The van der Waals surface area contributed by atoms with Crippen molar-refractivity contribution in [3.63, 3.8) is 0 Å². The Morgan fingerprint density at radius 2 is 2.44 bits per heavy atom. The van der Waals surface area contributed by atoms with Crippen LogP contribution < -0.4 is 5.14 Å². The second-order valence-electron chi connectivity index (χ2n) is 1.38. The van der Waals surface area contributed by atoms with Crippen molar-refractivity contribution < 1.29 is 4.21 Å². The normalized spacial score (nSPS) is 13.6. The van der Waals surface area contributed by atoms with Crippen LogP contribution in [0, 0.1) is 0 Å². The summed E-state index contributed by atoms with van der Waals surface area (Å²) in [5.74, 6) is 0. The standard InChI is InChI=1S/C2H5N5OS/c1-7-2(9(3)8)4-5-6-7/h3H2,1H3. The van der Waals surface area contributed by atoms with E-state index in [1.165, 1.54) is 4.68 Å². The van der Waals surface area contributed by atoms with Gasteiger partial charge in [0.1, 0.15) is 0 Å². The second kappa shape index (κ2) is 2.19. The van der Waals surface area contributed by atoms with Crippen LogP contribution in [0.5, 0.6) is 0 Å². The molecule has 1 rings (SSSR count). The predicted octanol–water partition coefficient (Wildman–Crippen LogP) is -1.81. The van der Waals surface area contributed by atoms with Crippen molar-refractivity contribution in [2.75, 3.05) is 0 Å². The van der Waals surface area contributed by atoms with E-state index in [0.29, 0.717) is 0 Å². The molecule has 1 heterocycles. The topological polar surface area (TPSA) is 86.7 Å². The van der Waals surface area contributed by atoms with Crippen LogP contribution in [-0.2, 0) is 18.0 Å². The van der Waals surface area contributed by atoms with Gasteiger partial charge in [0.05, 0.1) is 0 Å². The van der Waals surface area contributed by atoms with Gasteiger partial charge in [-0.1, -0.05) is 5.10 Å². The molecule has 0 amide bonds. The number of hydrogen-bond donors (Lipinski definition) is 1. The first-order valence-corrected chi connectivity index (χ1v) is 3.31. The number of aromatic nitrogens is 4. The lowest BCUT2D eigenvalue weighted by Gasteiger charge is -1.88. The van der Waals surface area contributed by atoms with Crippen LogP contribution in [0.4, 0.5) is 0 Å². The van der Waals surface area contributed by atoms with Gasteiger partial charge in [-0.3, -0.25) is 0 Å². The fraction of sp³-hybridized carbons (Fsp3) is 0.500. The van der Waals surface area contributed by atoms with Crippen molar-refractivity contribution in [2.24, 2.45) is 12.2 Å². The van der Waals surface area contributed by atoms with Gasteiger partial charge < -0.3 is 0 Å². The molecule has 0 aromatic carbocycles. The number of nitrogens with zero attached hydrogens (tertiary/aromatic N) is 4. The van der Waals surface area contributed by atoms with Gasteiger partial charge in [0, 0.05) is 7.05 Å². The molecule has 0 saturated heterocycles. The molecule has 0 bridgehead atoms. The molecule has 0 spiro atoms. The SMILES string of the molecule is Cn1nnnc1S(N)=O. The minimum Gasteiger partial charge on any atom is -0.245 e. The number of aryl methyl sites for hydroxylation is 1. The van der Waals surface area contributed by atoms with Crippen LogP contribution in [0.2, 0.25) is 0 Å². The zero-order valence-corrected chi connectivity index (χ0v) is 5.50. The highest BCUT2D eigenvalue weighted by atomic mass is 32.2. The van der Waals surface area contributed by atoms with Crippen molar-refractivity contribution in [3.05, 3.63) is 0 Å². The highest BCUT2D eigenvalue weighted by molar-refractivity contribution is 7.82. The molecule has 1 aromatic heterocycles. The van der Waals surface area contributed by atoms with E-state index in [2.05, 4.69) is 15.5 Å². The molecule has 9 heavy (non-hydrogen) atoms. The molecule has 0 saturated carbocycles. The lowest BCUT2D eigenvalue weighted by atomic mass is 11.2. The molecule has 0 radical (unpaired) electrons. The minimum atomic E-state index is -1.58. The Balaban J connectivity index is 3.08. The van der Waals surface area contributed by atoms with Gasteiger partial charge in [-0.2, -0.15) is 0 Å². The maximum atomic E-state index is 10.5. The summed E-state index contributed by atoms with van der Waals surface area (Å²) < 4.78 is 11.7. The molecule has 1 unspecified atom stereocenters. The van der Waals surface area contributed by atoms with Crippen LogP contribution >= 0.6 is 0 Å². The van der Waals surface area contributed by atoms with Crippen LogP contribution in [0.25, 0.3) is 0 Å². The second-order valence-corrected chi connectivity index (χ2v) is 2.34. The average Bonchev–Trinajstić information content (AvgIpc) is 2.13. The van der Waals surface area contributed by atoms with Crippen molar-refractivity contribution in [1.82, 2.24) is 20.2 Å². The first kappa shape index (κ1) is 6.30. The van der Waals surface area contributed by atoms with E-state index in [-0.39, 0.29) is 5.16 Å². The van der Waals surface area contributed by atoms with E-state index in [0.717, 1.165) is 0 Å². The van der Waals surface area contributed by atoms with Gasteiger partial charge >= 0.3 is 0 Å². The summed E-state index contributed by atoms with van der Waals surface area (Å²) in [5.41, 5.74) is 0. The monoisotopic (exact) mass is 147 g/mol. The number of tetrazole rings is 1. The highest BCUT2D eigenvalue weighted by Gasteiger charge is 2.04. The summed E-state index contributed by atoms with van der Waals surface area (Å²) in [6, 6.07) is 0. The quantitative estimate of drug-likeness (QED) is 0.507. The Bertz CT molecular complexity index is 231. The predicted molar refractivity (Wildman–Crippen MR) is 29.4 cm³/mol. The zero-order chi connectivity index (χ0) is 6.85. The lowest BCUT2D eigenvalue weighted by Crippen LogP contribution is -2.09. The Kier molecular flexibility index (Phi) is 1.54. The fourth-order valence-corrected chi connectivity index (χ4v) is 0.806. The molecule has 0 fully saturated rings. The third-order valence-corrected chi connectivity index (χ3v) is 1.47. The highest BCUT2D eigenvalue weighted by Crippen LogP contribution is 1.88. The van der Waals surface area contributed by atoms with Gasteiger partial charge in [0.25, 0.3) is 5.16 Å². The van der Waals surface area contributed by atoms with Crippen LogP contribution in [0.1, 0.15) is 0 Å². The van der Waals surface area contributed by atoms with Gasteiger partial charge in [0.15, 0.2) is 11.0 Å². The molecular weight excluding hydrogens is 142 g/mol. The molecule has 1 atom stereocenters. The molecule has 2 N–H and O–H groups in total. The Labute approximate surface area is 53.6 Å². The summed E-state index contributed by atoms with van der Waals surface area (Å²) in [6.45, 7) is 0. The molecule has 0 aliphatic rings. The molecule has 50 valence electrons. The summed E-state index contributed by atoms with van der Waals surface area (Å²) >= 11 is 0. The third-order valence-electron chi connectivity index (χ3n) is 0.761. The van der Waals surface area contributed by atoms with Crippen molar-refractivity contribution in [2.45, 2.75) is 5.16 Å². The zero-order valence-electron chi connectivity index (χ0n) is 4.68. The van der Waals surface area contributed by atoms with Crippen LogP contribution in [-0.4, -0.2) is 24.4 Å². The van der Waals surface area contributed by atoms with E-state index in [1.807, 2.05) is 0 Å². The van der Waals surface area contributed by atoms with E-state index in [1.54, 1.807) is 7.05 Å². The molecule has 6 nitrogen and oxygen atoms in total. The van der Waals surface area contributed by atoms with Crippen molar-refractivity contribution in [3.8, 4) is 0 Å². The summed E-state index contributed by atoms with van der Waals surface area (Å²) in [7, 11) is -0.0130. The van der Waals surface area contributed by atoms with Crippen molar-refractivity contribution in [1.29, 1.82) is 0 Å². The first-order valence-electron chi connectivity index (χ1n) is 2.10. The fourth-order valence-electron chi connectivity index (χ4n) is 0.392. The Morgan fingerprint density at radius 1 is 1.78 bits per heavy atom. The van der Waals surface area contributed by atoms with Gasteiger partial charge in [0.2, 0.25) is 0 Å². The summed E-state index contributed by atoms with van der Waals surface area (Å²) in [4.78, 5) is 0. The first-order chi connectivity index (χ1) is 4.22. The Morgan fingerprint density at radius 3 is 2.67 bits per heavy atom. The van der Waals surface area contributed by atoms with Crippen molar-refractivity contribution >= 4 is 11.0 Å². The average molecular weight is 147 g/mol. The maximum absolute atomic E-state index is 10.5. The lowest BCUT2D eigenvalue weighted by molar-refractivity contribution is 0.636. The summed E-state index contributed by atoms with van der Waals surface area (Å²) in [6.07, 6.45) is 0. The van der Waals surface area contributed by atoms with E-state index in [4.69, 9.17) is 5.14 Å². The number of rotatable bonds is 1. The van der Waals surface area contributed by atoms with E-state index < -0.39 is 11.0 Å². The number of hydrogen-bond acceptors (Lipinski definition) is 4. The van der Waals surface area contributed by atoms with Gasteiger partial charge in [-0.25, -0.2) is 14.0 Å². The number of nitrogens with two attached hydrogens (primary N) is 1. The molecule has 7 heteroatoms. The minimum absolute atomic E-state index is 0.176. The summed E-state index contributed by atoms with van der Waals surface area (Å²) in [5, 5.41) is 15.2. The van der Waals surface area contributed by atoms with Gasteiger partial charge in [-0.15, -0.1) is 0 Å². The van der Waals surface area contributed by atoms with E-state index >= 15 is 0 Å². The largest absolute Gasteiger partial charge is 0.254 e. The smallest absolute Gasteiger partial charge is 0.245 e.